The fourth-order valence-electron chi connectivity index (χ4n) is 2.35. The van der Waals surface area contributed by atoms with Crippen LogP contribution in [0.2, 0.25) is 0 Å². The van der Waals surface area contributed by atoms with Gasteiger partial charge in [0.05, 0.1) is 5.01 Å². The second kappa shape index (κ2) is 9.59. The second-order valence-electron chi connectivity index (χ2n) is 6.11. The Morgan fingerprint density at radius 2 is 1.74 bits per heavy atom. The van der Waals surface area contributed by atoms with Gasteiger partial charge in [0.2, 0.25) is 0 Å². The highest BCUT2D eigenvalue weighted by Gasteiger charge is 2.33. The van der Waals surface area contributed by atoms with Crippen molar-refractivity contribution < 1.29 is 13.2 Å². The molecule has 1 aromatic carbocycles. The molecule has 2 aromatic rings. The third-order valence-corrected chi connectivity index (χ3v) is 4.76. The van der Waals surface area contributed by atoms with E-state index in [1.165, 1.54) is 5.56 Å². The lowest BCUT2D eigenvalue weighted by Gasteiger charge is -2.13. The molecule has 0 aliphatic carbocycles. The lowest BCUT2D eigenvalue weighted by atomic mass is 10.1. The lowest BCUT2D eigenvalue weighted by Crippen LogP contribution is -2.39. The molecule has 9 heteroatoms. The standard InChI is InChI=1S/C18H24F3N5S/c1-22-17(23-10-8-13-4-6-14(7-5-13)26(2)3)24-11-9-16-25-15(12-27-16)18(19,20)21/h4-7,12H,8-11H2,1-3H3,(H2,22,23,24). The predicted molar refractivity (Wildman–Crippen MR) is 105 cm³/mol. The van der Waals surface area contributed by atoms with Crippen molar-refractivity contribution >= 4 is 23.0 Å². The summed E-state index contributed by atoms with van der Waals surface area (Å²) in [7, 11) is 5.66. The summed E-state index contributed by atoms with van der Waals surface area (Å²) in [4.78, 5) is 9.79. The number of alkyl halides is 3. The predicted octanol–water partition coefficient (Wildman–Crippen LogP) is 3.18. The number of aliphatic imine (C=N–C) groups is 1. The van der Waals surface area contributed by atoms with E-state index in [4.69, 9.17) is 0 Å². The molecule has 0 unspecified atom stereocenters. The van der Waals surface area contributed by atoms with Crippen LogP contribution >= 0.6 is 11.3 Å². The maximum atomic E-state index is 12.5. The molecular formula is C18H24F3N5S. The third-order valence-electron chi connectivity index (χ3n) is 3.86. The molecule has 2 rings (SSSR count). The van der Waals surface area contributed by atoms with Crippen LogP contribution in [0, 0.1) is 0 Å². The van der Waals surface area contributed by atoms with Crippen molar-refractivity contribution in [2.24, 2.45) is 4.99 Å². The largest absolute Gasteiger partial charge is 0.434 e. The average Bonchev–Trinajstić information content (AvgIpc) is 3.10. The number of anilines is 1. The van der Waals surface area contributed by atoms with Crippen LogP contribution in [-0.2, 0) is 19.0 Å². The summed E-state index contributed by atoms with van der Waals surface area (Å²) in [5.41, 5.74) is 1.54. The number of rotatable bonds is 7. The number of benzene rings is 1. The molecule has 0 atom stereocenters. The number of aromatic nitrogens is 1. The van der Waals surface area contributed by atoms with Crippen LogP contribution in [0.3, 0.4) is 0 Å². The summed E-state index contributed by atoms with van der Waals surface area (Å²) in [6.07, 6.45) is -3.13. The van der Waals surface area contributed by atoms with Gasteiger partial charge in [-0.15, -0.1) is 11.3 Å². The first kappa shape index (κ1) is 21.0. The smallest absolute Gasteiger partial charge is 0.378 e. The van der Waals surface area contributed by atoms with Crippen LogP contribution in [0.5, 0.6) is 0 Å². The molecule has 1 aromatic heterocycles. The molecule has 0 aliphatic heterocycles. The summed E-state index contributed by atoms with van der Waals surface area (Å²) in [6.45, 7) is 1.17. The zero-order valence-corrected chi connectivity index (χ0v) is 16.4. The van der Waals surface area contributed by atoms with Crippen molar-refractivity contribution in [3.05, 3.63) is 45.9 Å². The first-order valence-corrected chi connectivity index (χ1v) is 9.40. The highest BCUT2D eigenvalue weighted by molar-refractivity contribution is 7.09. The Hall–Kier alpha value is -2.29. The van der Waals surface area contributed by atoms with E-state index >= 15 is 0 Å². The quantitative estimate of drug-likeness (QED) is 0.555. The Balaban J connectivity index is 1.72. The molecule has 1 heterocycles. The third kappa shape index (κ3) is 6.74. The Morgan fingerprint density at radius 3 is 2.26 bits per heavy atom. The Morgan fingerprint density at radius 1 is 1.11 bits per heavy atom. The van der Waals surface area contributed by atoms with Gasteiger partial charge >= 0.3 is 6.18 Å². The van der Waals surface area contributed by atoms with E-state index in [-0.39, 0.29) is 0 Å². The molecule has 0 amide bonds. The summed E-state index contributed by atoms with van der Waals surface area (Å²) in [5, 5.41) is 7.79. The SMILES string of the molecule is CN=C(NCCc1ccc(N(C)C)cc1)NCCc1nc(C(F)(F)F)cs1. The van der Waals surface area contributed by atoms with Crippen LogP contribution in [0.25, 0.3) is 0 Å². The summed E-state index contributed by atoms with van der Waals surface area (Å²) < 4.78 is 37.6. The van der Waals surface area contributed by atoms with Crippen molar-refractivity contribution in [2.45, 2.75) is 19.0 Å². The number of halogens is 3. The topological polar surface area (TPSA) is 52.6 Å². The number of nitrogens with zero attached hydrogens (tertiary/aromatic N) is 3. The second-order valence-corrected chi connectivity index (χ2v) is 7.05. The fraction of sp³-hybridized carbons (Fsp3) is 0.444. The van der Waals surface area contributed by atoms with E-state index in [9.17, 15) is 13.2 Å². The molecule has 27 heavy (non-hydrogen) atoms. The molecular weight excluding hydrogens is 375 g/mol. The van der Waals surface area contributed by atoms with Gasteiger partial charge in [-0.25, -0.2) is 4.98 Å². The molecule has 0 radical (unpaired) electrons. The molecule has 0 bridgehead atoms. The van der Waals surface area contributed by atoms with E-state index < -0.39 is 11.9 Å². The molecule has 0 spiro atoms. The van der Waals surface area contributed by atoms with Gasteiger partial charge in [-0.05, 0) is 24.1 Å². The summed E-state index contributed by atoms with van der Waals surface area (Å²) >= 11 is 1.02. The summed E-state index contributed by atoms with van der Waals surface area (Å²) in [6, 6.07) is 8.33. The van der Waals surface area contributed by atoms with Gasteiger partial charge in [-0.2, -0.15) is 13.2 Å². The maximum absolute atomic E-state index is 12.5. The monoisotopic (exact) mass is 399 g/mol. The average molecular weight is 399 g/mol. The van der Waals surface area contributed by atoms with Gasteiger partial charge in [0.25, 0.3) is 0 Å². The van der Waals surface area contributed by atoms with Gasteiger partial charge < -0.3 is 15.5 Å². The molecule has 0 saturated carbocycles. The number of hydrogen-bond acceptors (Lipinski definition) is 4. The molecule has 0 aliphatic rings. The van der Waals surface area contributed by atoms with E-state index in [1.807, 2.05) is 19.0 Å². The first-order valence-electron chi connectivity index (χ1n) is 8.52. The van der Waals surface area contributed by atoms with Gasteiger partial charge in [0.15, 0.2) is 11.7 Å². The van der Waals surface area contributed by atoms with Crippen LogP contribution in [0.1, 0.15) is 16.3 Å². The lowest BCUT2D eigenvalue weighted by molar-refractivity contribution is -0.140. The Labute approximate surface area is 161 Å². The van der Waals surface area contributed by atoms with Gasteiger partial charge in [-0.1, -0.05) is 12.1 Å². The number of thiazole rings is 1. The zero-order chi connectivity index (χ0) is 19.9. The Kier molecular flexibility index (Phi) is 7.46. The van der Waals surface area contributed by atoms with Crippen molar-refractivity contribution in [3.8, 4) is 0 Å². The minimum atomic E-state index is -4.38. The van der Waals surface area contributed by atoms with Crippen molar-refractivity contribution in [2.75, 3.05) is 39.1 Å². The number of guanidine groups is 1. The van der Waals surface area contributed by atoms with E-state index in [2.05, 4.69) is 44.9 Å². The molecule has 0 saturated heterocycles. The van der Waals surface area contributed by atoms with Crippen molar-refractivity contribution in [3.63, 3.8) is 0 Å². The highest BCUT2D eigenvalue weighted by Crippen LogP contribution is 2.29. The van der Waals surface area contributed by atoms with E-state index in [0.29, 0.717) is 30.5 Å². The highest BCUT2D eigenvalue weighted by atomic mass is 32.1. The molecule has 2 N–H and O–H groups in total. The van der Waals surface area contributed by atoms with E-state index in [0.717, 1.165) is 28.8 Å². The number of nitrogens with one attached hydrogen (secondary N) is 2. The van der Waals surface area contributed by atoms with Crippen LogP contribution in [-0.4, -0.2) is 45.2 Å². The van der Waals surface area contributed by atoms with Crippen LogP contribution in [0.4, 0.5) is 18.9 Å². The first-order chi connectivity index (χ1) is 12.8. The maximum Gasteiger partial charge on any atom is 0.434 e. The van der Waals surface area contributed by atoms with Crippen LogP contribution < -0.4 is 15.5 Å². The number of hydrogen-bond donors (Lipinski definition) is 2. The van der Waals surface area contributed by atoms with Crippen LogP contribution in [0.15, 0.2) is 34.6 Å². The molecule has 148 valence electrons. The molecule has 0 fully saturated rings. The summed E-state index contributed by atoms with van der Waals surface area (Å²) in [5.74, 6) is 0.618. The Bertz CT molecular complexity index is 738. The normalized spacial score (nSPS) is 12.1. The van der Waals surface area contributed by atoms with Gasteiger partial charge in [0.1, 0.15) is 0 Å². The van der Waals surface area contributed by atoms with Gasteiger partial charge in [-0.3, -0.25) is 4.99 Å². The van der Waals surface area contributed by atoms with Crippen molar-refractivity contribution in [1.29, 1.82) is 0 Å². The fourth-order valence-corrected chi connectivity index (χ4v) is 3.16. The van der Waals surface area contributed by atoms with E-state index in [1.54, 1.807) is 7.05 Å². The minimum absolute atomic E-state index is 0.410. The molecule has 5 nitrogen and oxygen atoms in total. The van der Waals surface area contributed by atoms with Gasteiger partial charge in [0, 0.05) is 51.7 Å². The zero-order valence-electron chi connectivity index (χ0n) is 15.6. The minimum Gasteiger partial charge on any atom is -0.378 e. The van der Waals surface area contributed by atoms with Crippen molar-refractivity contribution in [1.82, 2.24) is 15.6 Å².